The summed E-state index contributed by atoms with van der Waals surface area (Å²) < 4.78 is 47.0. The van der Waals surface area contributed by atoms with Crippen LogP contribution in [0.3, 0.4) is 0 Å². The van der Waals surface area contributed by atoms with Crippen LogP contribution in [-0.4, -0.2) is 136 Å². The quantitative estimate of drug-likeness (QED) is 0.0831. The molecule has 0 atom stereocenters. The molecule has 206 valence electrons. The summed E-state index contributed by atoms with van der Waals surface area (Å²) >= 11 is 0. The van der Waals surface area contributed by atoms with Gasteiger partial charge in [-0.1, -0.05) is 0 Å². The lowest BCUT2D eigenvalue weighted by Crippen LogP contribution is -2.17. The van der Waals surface area contributed by atoms with Crippen molar-refractivity contribution in [3.8, 4) is 0 Å². The maximum absolute atomic E-state index is 11.3. The van der Waals surface area contributed by atoms with Gasteiger partial charge >= 0.3 is 11.9 Å². The van der Waals surface area contributed by atoms with Crippen LogP contribution in [0.4, 0.5) is 0 Å². The maximum atomic E-state index is 11.3. The van der Waals surface area contributed by atoms with E-state index in [9.17, 15) is 14.4 Å². The van der Waals surface area contributed by atoms with E-state index in [0.29, 0.717) is 92.5 Å². The number of Topliss-reactive ketones (excluding diaryl/α,β-unsaturated/α-hetero) is 1. The Morgan fingerprint density at radius 1 is 0.486 bits per heavy atom. The predicted octanol–water partition coefficient (Wildman–Crippen LogP) is -0.274. The van der Waals surface area contributed by atoms with Crippen LogP contribution in [0.2, 0.25) is 0 Å². The number of ether oxygens (including phenoxy) is 9. The minimum Gasteiger partial charge on any atom is -0.476 e. The van der Waals surface area contributed by atoms with Crippen molar-refractivity contribution in [2.24, 2.45) is 0 Å². The molecule has 0 aromatic rings. The molecule has 0 heterocycles. The van der Waals surface area contributed by atoms with E-state index in [-0.39, 0.29) is 26.1 Å². The molecule has 0 amide bonds. The Bertz CT molecular complexity index is 516. The van der Waals surface area contributed by atoms with Crippen molar-refractivity contribution in [3.05, 3.63) is 0 Å². The summed E-state index contributed by atoms with van der Waals surface area (Å²) in [4.78, 5) is 32.5. The number of carbonyl (C=O) groups is 3. The van der Waals surface area contributed by atoms with Gasteiger partial charge < -0.3 is 47.7 Å². The Morgan fingerprint density at radius 3 is 1.11 bits per heavy atom. The van der Waals surface area contributed by atoms with Crippen LogP contribution < -0.4 is 0 Å². The molecule has 0 bridgehead atoms. The lowest BCUT2D eigenvalue weighted by molar-refractivity contribution is -0.151. The summed E-state index contributed by atoms with van der Waals surface area (Å²) in [6.45, 7) is 6.83. The first-order valence-electron chi connectivity index (χ1n) is 11.5. The lowest BCUT2D eigenvalue weighted by atomic mass is 10.2. The third-order valence-corrected chi connectivity index (χ3v) is 3.95. The highest BCUT2D eigenvalue weighted by atomic mass is 16.6. The van der Waals surface area contributed by atoms with Crippen molar-refractivity contribution in [2.45, 2.75) is 12.8 Å². The Morgan fingerprint density at radius 2 is 0.800 bits per heavy atom. The van der Waals surface area contributed by atoms with E-state index in [4.69, 9.17) is 47.7 Å². The highest BCUT2D eigenvalue weighted by Crippen LogP contribution is 1.95. The Hall–Kier alpha value is -1.71. The van der Waals surface area contributed by atoms with Gasteiger partial charge in [0.25, 0.3) is 0 Å². The molecule has 0 aliphatic carbocycles. The van der Waals surface area contributed by atoms with Crippen LogP contribution in [0.1, 0.15) is 12.8 Å². The van der Waals surface area contributed by atoms with Crippen LogP contribution in [-0.2, 0) is 57.0 Å². The number of carbonyl (C=O) groups excluding carboxylic acids is 2. The largest absolute Gasteiger partial charge is 0.476 e. The zero-order valence-corrected chi connectivity index (χ0v) is 20.6. The first-order valence-corrected chi connectivity index (χ1v) is 11.5. The first kappa shape index (κ1) is 33.3. The molecule has 0 saturated heterocycles. The molecule has 0 aromatic carbocycles. The minimum atomic E-state index is -1.56. The van der Waals surface area contributed by atoms with E-state index in [1.807, 2.05) is 0 Å². The molecule has 13 heteroatoms. The second kappa shape index (κ2) is 26.9. The third-order valence-electron chi connectivity index (χ3n) is 3.95. The fourth-order valence-electron chi connectivity index (χ4n) is 2.17. The monoisotopic (exact) mass is 512 g/mol. The van der Waals surface area contributed by atoms with E-state index in [1.165, 1.54) is 0 Å². The van der Waals surface area contributed by atoms with Gasteiger partial charge in [-0.15, -0.1) is 0 Å². The molecule has 0 spiro atoms. The zero-order valence-electron chi connectivity index (χ0n) is 20.6. The summed E-state index contributed by atoms with van der Waals surface area (Å²) in [6, 6.07) is 0. The SMILES string of the molecule is COCCOCCOCCOCCOCCOCCOCCOCCOC(=O)CCC(=O)C(=O)O. The van der Waals surface area contributed by atoms with E-state index in [2.05, 4.69) is 0 Å². The number of carboxylic acids is 1. The molecule has 0 rings (SSSR count). The third kappa shape index (κ3) is 26.7. The number of ketones is 1. The highest BCUT2D eigenvalue weighted by molar-refractivity contribution is 6.32. The maximum Gasteiger partial charge on any atom is 0.372 e. The van der Waals surface area contributed by atoms with E-state index in [1.54, 1.807) is 7.11 Å². The van der Waals surface area contributed by atoms with Gasteiger partial charge in [-0.2, -0.15) is 0 Å². The van der Waals surface area contributed by atoms with Gasteiger partial charge in [0.2, 0.25) is 5.78 Å². The summed E-state index contributed by atoms with van der Waals surface area (Å²) in [5.41, 5.74) is 0. The molecule has 0 aliphatic heterocycles. The second-order valence-electron chi connectivity index (χ2n) is 6.73. The van der Waals surface area contributed by atoms with Crippen LogP contribution >= 0.6 is 0 Å². The van der Waals surface area contributed by atoms with Crippen LogP contribution in [0.15, 0.2) is 0 Å². The summed E-state index contributed by atoms with van der Waals surface area (Å²) in [5.74, 6) is -3.23. The minimum absolute atomic E-state index is 0.0210. The number of methoxy groups -OCH3 is 1. The normalized spacial score (nSPS) is 11.0. The smallest absolute Gasteiger partial charge is 0.372 e. The molecule has 35 heavy (non-hydrogen) atoms. The summed E-state index contributed by atoms with van der Waals surface area (Å²) in [5, 5.41) is 8.41. The van der Waals surface area contributed by atoms with Gasteiger partial charge in [0, 0.05) is 13.5 Å². The molecule has 0 aliphatic rings. The van der Waals surface area contributed by atoms with Crippen LogP contribution in [0.5, 0.6) is 0 Å². The molecule has 1 N–H and O–H groups in total. The number of carboxylic acid groups (broad SMARTS) is 1. The molecule has 0 fully saturated rings. The molecule has 0 aromatic heterocycles. The second-order valence-corrected chi connectivity index (χ2v) is 6.73. The van der Waals surface area contributed by atoms with Crippen molar-refractivity contribution >= 4 is 17.7 Å². The molecular weight excluding hydrogens is 472 g/mol. The number of rotatable bonds is 28. The van der Waals surface area contributed by atoms with Gasteiger partial charge in [0.1, 0.15) is 6.61 Å². The number of aliphatic carboxylic acids is 1. The predicted molar refractivity (Wildman–Crippen MR) is 120 cm³/mol. The van der Waals surface area contributed by atoms with E-state index < -0.39 is 17.7 Å². The Labute approximate surface area is 206 Å². The molecule has 0 saturated carbocycles. The standard InChI is InChI=1S/C22H40O13/c1-27-4-5-28-6-7-29-8-9-30-10-11-31-12-13-32-14-15-33-16-17-34-18-19-35-21(24)3-2-20(23)22(25)26/h2-19H2,1H3,(H,25,26). The Balaban J connectivity index is 3.14. The van der Waals surface area contributed by atoms with Crippen molar-refractivity contribution in [2.75, 3.05) is 113 Å². The van der Waals surface area contributed by atoms with Gasteiger partial charge in [0.15, 0.2) is 0 Å². The highest BCUT2D eigenvalue weighted by Gasteiger charge is 2.14. The molecule has 13 nitrogen and oxygen atoms in total. The molecule has 0 radical (unpaired) electrons. The van der Waals surface area contributed by atoms with E-state index in [0.717, 1.165) is 0 Å². The van der Waals surface area contributed by atoms with Crippen LogP contribution in [0.25, 0.3) is 0 Å². The molecule has 0 unspecified atom stereocenters. The summed E-state index contributed by atoms with van der Waals surface area (Å²) in [7, 11) is 1.63. The van der Waals surface area contributed by atoms with Gasteiger partial charge in [-0.05, 0) is 0 Å². The van der Waals surface area contributed by atoms with Gasteiger partial charge in [0.05, 0.1) is 106 Å². The lowest BCUT2D eigenvalue weighted by Gasteiger charge is -2.08. The van der Waals surface area contributed by atoms with Crippen molar-refractivity contribution < 1.29 is 62.1 Å². The topological polar surface area (TPSA) is 155 Å². The van der Waals surface area contributed by atoms with Crippen molar-refractivity contribution in [3.63, 3.8) is 0 Å². The van der Waals surface area contributed by atoms with Crippen molar-refractivity contribution in [1.82, 2.24) is 0 Å². The first-order chi connectivity index (χ1) is 17.1. The number of hydrogen-bond acceptors (Lipinski definition) is 12. The van der Waals surface area contributed by atoms with E-state index >= 15 is 0 Å². The number of esters is 1. The fourth-order valence-corrected chi connectivity index (χ4v) is 2.17. The zero-order chi connectivity index (χ0) is 25.8. The molecular formula is C22H40O13. The van der Waals surface area contributed by atoms with Crippen molar-refractivity contribution in [1.29, 1.82) is 0 Å². The fraction of sp³-hybridized carbons (Fsp3) is 0.864. The van der Waals surface area contributed by atoms with Crippen LogP contribution in [0, 0.1) is 0 Å². The average Bonchev–Trinajstić information content (AvgIpc) is 2.85. The van der Waals surface area contributed by atoms with Gasteiger partial charge in [-0.25, -0.2) is 4.79 Å². The Kier molecular flexibility index (Phi) is 25.6. The summed E-state index contributed by atoms with van der Waals surface area (Å²) in [6.07, 6.45) is -0.648. The number of hydrogen-bond donors (Lipinski definition) is 1. The average molecular weight is 513 g/mol. The van der Waals surface area contributed by atoms with Gasteiger partial charge in [-0.3, -0.25) is 9.59 Å².